The molecule has 1 aliphatic rings. The number of hydrogen-bond donors (Lipinski definition) is 2. The average molecular weight is 315 g/mol. The highest BCUT2D eigenvalue weighted by molar-refractivity contribution is 7.87. The molecule has 3 N–H and O–H groups in total. The minimum absolute atomic E-state index is 0.0132. The second-order valence-corrected chi connectivity index (χ2v) is 7.12. The van der Waals surface area contributed by atoms with Gasteiger partial charge in [-0.3, -0.25) is 0 Å². The Kier molecular flexibility index (Phi) is 5.32. The molecule has 0 radical (unpaired) electrons. The minimum Gasteiger partial charge on any atom is -0.326 e. The molecule has 0 bridgehead atoms. The molecule has 1 aliphatic heterocycles. The van der Waals surface area contributed by atoms with Crippen LogP contribution in [0.4, 0.5) is 4.39 Å². The van der Waals surface area contributed by atoms with E-state index >= 15 is 0 Å². The summed E-state index contributed by atoms with van der Waals surface area (Å²) in [6, 6.07) is 4.60. The third kappa shape index (κ3) is 4.00. The molecule has 1 fully saturated rings. The molecular weight excluding hydrogens is 293 g/mol. The molecule has 1 aromatic rings. The van der Waals surface area contributed by atoms with Crippen molar-refractivity contribution < 1.29 is 12.8 Å². The van der Waals surface area contributed by atoms with E-state index in [-0.39, 0.29) is 19.1 Å². The summed E-state index contributed by atoms with van der Waals surface area (Å²) < 4.78 is 42.3. The van der Waals surface area contributed by atoms with Crippen molar-refractivity contribution in [3.63, 3.8) is 0 Å². The number of hydrogen-bond acceptors (Lipinski definition) is 3. The Labute approximate surface area is 125 Å². The van der Waals surface area contributed by atoms with Gasteiger partial charge in [0.05, 0.1) is 0 Å². The van der Waals surface area contributed by atoms with Gasteiger partial charge in [0.15, 0.2) is 0 Å². The zero-order valence-corrected chi connectivity index (χ0v) is 13.0. The fraction of sp³-hybridized carbons (Fsp3) is 0.571. The van der Waals surface area contributed by atoms with Crippen molar-refractivity contribution in [2.24, 2.45) is 5.73 Å². The van der Waals surface area contributed by atoms with Crippen molar-refractivity contribution in [1.82, 2.24) is 9.03 Å². The van der Waals surface area contributed by atoms with Crippen LogP contribution in [0.25, 0.3) is 0 Å². The maximum atomic E-state index is 13.8. The summed E-state index contributed by atoms with van der Waals surface area (Å²) in [5, 5.41) is 0. The topological polar surface area (TPSA) is 75.4 Å². The molecule has 1 aromatic carbocycles. The van der Waals surface area contributed by atoms with Gasteiger partial charge < -0.3 is 5.73 Å². The number of nitrogens with two attached hydrogens (primary N) is 1. The summed E-state index contributed by atoms with van der Waals surface area (Å²) in [5.41, 5.74) is 6.44. The van der Waals surface area contributed by atoms with Gasteiger partial charge >= 0.3 is 0 Å². The largest absolute Gasteiger partial charge is 0.326 e. The lowest BCUT2D eigenvalue weighted by Crippen LogP contribution is -2.47. The summed E-state index contributed by atoms with van der Waals surface area (Å²) >= 11 is 0. The van der Waals surface area contributed by atoms with Crippen molar-refractivity contribution in [2.75, 3.05) is 6.54 Å². The first-order valence-corrected chi connectivity index (χ1v) is 8.62. The third-order valence-corrected chi connectivity index (χ3v) is 5.52. The van der Waals surface area contributed by atoms with Crippen LogP contribution in [0, 0.1) is 5.82 Å². The Hall–Kier alpha value is -1.02. The zero-order valence-electron chi connectivity index (χ0n) is 12.2. The van der Waals surface area contributed by atoms with Gasteiger partial charge in [-0.15, -0.1) is 0 Å². The van der Waals surface area contributed by atoms with E-state index in [0.717, 1.165) is 19.3 Å². The lowest BCUT2D eigenvalue weighted by molar-refractivity contribution is 0.265. The fourth-order valence-corrected chi connectivity index (χ4v) is 3.99. The van der Waals surface area contributed by atoms with Gasteiger partial charge in [-0.2, -0.15) is 17.4 Å². The van der Waals surface area contributed by atoms with E-state index in [1.165, 1.54) is 10.4 Å². The average Bonchev–Trinajstić information content (AvgIpc) is 2.46. The van der Waals surface area contributed by atoms with Gasteiger partial charge in [-0.25, -0.2) is 4.39 Å². The molecule has 0 amide bonds. The fourth-order valence-electron chi connectivity index (χ4n) is 2.54. The first kappa shape index (κ1) is 16.4. The summed E-state index contributed by atoms with van der Waals surface area (Å²) in [6.45, 7) is 2.62. The number of nitrogens with one attached hydrogen (secondary N) is 1. The molecule has 2 rings (SSSR count). The van der Waals surface area contributed by atoms with Crippen LogP contribution in [-0.4, -0.2) is 25.3 Å². The maximum Gasteiger partial charge on any atom is 0.279 e. The monoisotopic (exact) mass is 315 g/mol. The number of rotatable bonds is 5. The molecule has 1 atom stereocenters. The molecule has 1 unspecified atom stereocenters. The van der Waals surface area contributed by atoms with E-state index < -0.39 is 16.0 Å². The van der Waals surface area contributed by atoms with Crippen LogP contribution in [0.1, 0.15) is 37.3 Å². The molecule has 5 nitrogen and oxygen atoms in total. The SMILES string of the molecule is CC1CCCCN1S(=O)(=O)NCc1ccc(CN)cc1F. The van der Waals surface area contributed by atoms with E-state index in [4.69, 9.17) is 5.73 Å². The molecule has 0 spiro atoms. The second-order valence-electron chi connectivity index (χ2n) is 5.41. The summed E-state index contributed by atoms with van der Waals surface area (Å²) in [5.74, 6) is -0.438. The van der Waals surface area contributed by atoms with Crippen molar-refractivity contribution in [3.05, 3.63) is 35.1 Å². The Morgan fingerprint density at radius 3 is 2.81 bits per heavy atom. The molecule has 7 heteroatoms. The Balaban J connectivity index is 2.04. The molecule has 118 valence electrons. The Bertz CT molecular complexity index is 592. The summed E-state index contributed by atoms with van der Waals surface area (Å²) in [4.78, 5) is 0. The Morgan fingerprint density at radius 1 is 1.43 bits per heavy atom. The van der Waals surface area contributed by atoms with Crippen LogP contribution < -0.4 is 10.5 Å². The van der Waals surface area contributed by atoms with Crippen LogP contribution in [0.5, 0.6) is 0 Å². The smallest absolute Gasteiger partial charge is 0.279 e. The summed E-state index contributed by atoms with van der Waals surface area (Å²) in [7, 11) is -3.57. The third-order valence-electron chi connectivity index (χ3n) is 3.85. The van der Waals surface area contributed by atoms with E-state index in [2.05, 4.69) is 4.72 Å². The molecule has 1 heterocycles. The highest BCUT2D eigenvalue weighted by atomic mass is 32.2. The van der Waals surface area contributed by atoms with Crippen molar-refractivity contribution in [3.8, 4) is 0 Å². The van der Waals surface area contributed by atoms with Crippen LogP contribution >= 0.6 is 0 Å². The maximum absolute atomic E-state index is 13.8. The predicted molar refractivity (Wildman–Crippen MR) is 80.1 cm³/mol. The molecule has 0 aromatic heterocycles. The number of halogens is 1. The van der Waals surface area contributed by atoms with E-state index in [0.29, 0.717) is 17.7 Å². The number of benzene rings is 1. The minimum atomic E-state index is -3.57. The van der Waals surface area contributed by atoms with Gasteiger partial charge in [0.25, 0.3) is 10.2 Å². The first-order chi connectivity index (χ1) is 9.94. The zero-order chi connectivity index (χ0) is 15.5. The Morgan fingerprint density at radius 2 is 2.19 bits per heavy atom. The van der Waals surface area contributed by atoms with Crippen molar-refractivity contribution in [1.29, 1.82) is 0 Å². The van der Waals surface area contributed by atoms with Gasteiger partial charge in [-0.1, -0.05) is 18.6 Å². The normalized spacial score (nSPS) is 20.6. The molecule has 21 heavy (non-hydrogen) atoms. The lowest BCUT2D eigenvalue weighted by atomic mass is 10.1. The van der Waals surface area contributed by atoms with Crippen LogP contribution in [0.3, 0.4) is 0 Å². The standard InChI is InChI=1S/C14H22FN3O2S/c1-11-4-2-3-7-18(11)21(19,20)17-10-13-6-5-12(9-16)8-14(13)15/h5-6,8,11,17H,2-4,7,9-10,16H2,1H3. The van der Waals surface area contributed by atoms with Crippen molar-refractivity contribution in [2.45, 2.75) is 45.3 Å². The van der Waals surface area contributed by atoms with Gasteiger partial charge in [0, 0.05) is 31.2 Å². The predicted octanol–water partition coefficient (Wildman–Crippen LogP) is 1.49. The van der Waals surface area contributed by atoms with Crippen LogP contribution in [0.2, 0.25) is 0 Å². The van der Waals surface area contributed by atoms with E-state index in [1.807, 2.05) is 6.92 Å². The lowest BCUT2D eigenvalue weighted by Gasteiger charge is -2.32. The van der Waals surface area contributed by atoms with Crippen molar-refractivity contribution >= 4 is 10.2 Å². The first-order valence-electron chi connectivity index (χ1n) is 7.18. The van der Waals surface area contributed by atoms with E-state index in [9.17, 15) is 12.8 Å². The van der Waals surface area contributed by atoms with Crippen LogP contribution in [0.15, 0.2) is 18.2 Å². The highest BCUT2D eigenvalue weighted by Crippen LogP contribution is 2.19. The van der Waals surface area contributed by atoms with Gasteiger partial charge in [0.1, 0.15) is 5.82 Å². The van der Waals surface area contributed by atoms with Gasteiger partial charge in [-0.05, 0) is 31.4 Å². The summed E-state index contributed by atoms with van der Waals surface area (Å²) in [6.07, 6.45) is 2.77. The van der Waals surface area contributed by atoms with Crippen LogP contribution in [-0.2, 0) is 23.3 Å². The molecule has 0 saturated carbocycles. The van der Waals surface area contributed by atoms with E-state index in [1.54, 1.807) is 12.1 Å². The molecule has 1 saturated heterocycles. The highest BCUT2D eigenvalue weighted by Gasteiger charge is 2.29. The second kappa shape index (κ2) is 6.83. The number of nitrogens with zero attached hydrogens (tertiary/aromatic N) is 1. The quantitative estimate of drug-likeness (QED) is 0.864. The molecular formula is C14H22FN3O2S. The molecule has 0 aliphatic carbocycles. The number of piperidine rings is 1. The van der Waals surface area contributed by atoms with Gasteiger partial charge in [0.2, 0.25) is 0 Å².